The zero-order valence-electron chi connectivity index (χ0n) is 15.2. The van der Waals surface area contributed by atoms with Crippen LogP contribution in [-0.2, 0) is 28.4 Å². The Morgan fingerprint density at radius 1 is 1.11 bits per heavy atom. The molecule has 2 heterocycles. The Morgan fingerprint density at radius 3 is 2.71 bits per heavy atom. The number of carbonyl (C=O) groups is 1. The van der Waals surface area contributed by atoms with Crippen LogP contribution in [0.1, 0.15) is 46.0 Å². The molecule has 28 heavy (non-hydrogen) atoms. The second kappa shape index (κ2) is 7.89. The minimum absolute atomic E-state index is 0.00454. The van der Waals surface area contributed by atoms with Gasteiger partial charge >= 0.3 is 0 Å². The monoisotopic (exact) mass is 416 g/mol. The van der Waals surface area contributed by atoms with Crippen LogP contribution in [0.5, 0.6) is 0 Å². The molecule has 1 N–H and O–H groups in total. The highest BCUT2D eigenvalue weighted by Crippen LogP contribution is 2.29. The molecule has 0 aliphatic heterocycles. The molecule has 6 nitrogen and oxygen atoms in total. The average Bonchev–Trinajstić information content (AvgIpc) is 3.23. The first-order valence-corrected chi connectivity index (χ1v) is 11.6. The third-order valence-electron chi connectivity index (χ3n) is 4.72. The van der Waals surface area contributed by atoms with E-state index < -0.39 is 15.7 Å². The van der Waals surface area contributed by atoms with Gasteiger partial charge in [-0.2, -0.15) is 0 Å². The van der Waals surface area contributed by atoms with Crippen molar-refractivity contribution >= 4 is 32.2 Å². The van der Waals surface area contributed by atoms with Crippen LogP contribution in [0.3, 0.4) is 0 Å². The molecule has 0 atom stereocenters. The summed E-state index contributed by atoms with van der Waals surface area (Å²) in [5, 5.41) is 3.30. The van der Waals surface area contributed by atoms with Gasteiger partial charge in [0, 0.05) is 10.4 Å². The fourth-order valence-corrected chi connectivity index (χ4v) is 5.72. The predicted molar refractivity (Wildman–Crippen MR) is 107 cm³/mol. The van der Waals surface area contributed by atoms with Gasteiger partial charge in [-0.25, -0.2) is 13.4 Å². The fraction of sp³-hybridized carbons (Fsp3) is 0.300. The van der Waals surface area contributed by atoms with Crippen LogP contribution in [0.25, 0.3) is 0 Å². The number of rotatable bonds is 5. The number of thiazole rings is 1. The van der Waals surface area contributed by atoms with E-state index in [1.54, 1.807) is 18.2 Å². The van der Waals surface area contributed by atoms with E-state index in [1.165, 1.54) is 47.1 Å². The summed E-state index contributed by atoms with van der Waals surface area (Å²) in [6.07, 6.45) is 6.72. The van der Waals surface area contributed by atoms with E-state index in [2.05, 4.69) is 10.3 Å². The Kier molecular flexibility index (Phi) is 5.32. The Balaban J connectivity index is 1.52. The molecule has 0 radical (unpaired) electrons. The van der Waals surface area contributed by atoms with Gasteiger partial charge in [0.2, 0.25) is 0 Å². The maximum Gasteiger partial charge on any atom is 0.293 e. The number of anilines is 1. The Hall–Kier alpha value is -2.45. The molecule has 0 unspecified atom stereocenters. The zero-order valence-corrected chi connectivity index (χ0v) is 16.8. The lowest BCUT2D eigenvalue weighted by Crippen LogP contribution is -2.14. The van der Waals surface area contributed by atoms with Gasteiger partial charge in [-0.1, -0.05) is 24.6 Å². The summed E-state index contributed by atoms with van der Waals surface area (Å²) in [4.78, 5) is 18.6. The summed E-state index contributed by atoms with van der Waals surface area (Å²) in [7, 11) is -3.57. The number of sulfone groups is 1. The maximum absolute atomic E-state index is 12.7. The van der Waals surface area contributed by atoms with Crippen LogP contribution in [0, 0.1) is 0 Å². The van der Waals surface area contributed by atoms with Crippen molar-refractivity contribution in [1.29, 1.82) is 0 Å². The van der Waals surface area contributed by atoms with E-state index in [0.29, 0.717) is 10.7 Å². The molecular formula is C20H20N2O4S2. The summed E-state index contributed by atoms with van der Waals surface area (Å²) in [5.74, 6) is -0.776. The number of benzene rings is 1. The van der Waals surface area contributed by atoms with Crippen molar-refractivity contribution < 1.29 is 17.6 Å². The first-order chi connectivity index (χ1) is 13.5. The molecule has 0 saturated heterocycles. The largest absolute Gasteiger partial charge is 0.459 e. The minimum atomic E-state index is -3.57. The van der Waals surface area contributed by atoms with Gasteiger partial charge in [-0.15, -0.1) is 11.3 Å². The van der Waals surface area contributed by atoms with Gasteiger partial charge in [0.25, 0.3) is 5.91 Å². The van der Waals surface area contributed by atoms with Crippen molar-refractivity contribution in [3.63, 3.8) is 0 Å². The minimum Gasteiger partial charge on any atom is -0.459 e. The van der Waals surface area contributed by atoms with Gasteiger partial charge in [0.1, 0.15) is 0 Å². The molecule has 0 spiro atoms. The number of aromatic nitrogens is 1. The van der Waals surface area contributed by atoms with Crippen LogP contribution >= 0.6 is 11.3 Å². The molecule has 1 aromatic carbocycles. The number of aryl methyl sites for hydroxylation is 2. The topological polar surface area (TPSA) is 89.3 Å². The molecule has 1 aliphatic carbocycles. The summed E-state index contributed by atoms with van der Waals surface area (Å²) >= 11 is 1.49. The number of amides is 1. The molecule has 8 heteroatoms. The van der Waals surface area contributed by atoms with Gasteiger partial charge in [-0.05, 0) is 43.9 Å². The van der Waals surface area contributed by atoms with Crippen LogP contribution in [0.2, 0.25) is 0 Å². The molecular weight excluding hydrogens is 396 g/mol. The standard InChI is InChI=1S/C20H20N2O4S2/c23-19(22-20-21-16-9-5-2-6-10-17(16)27-20)18-14(11-12-26-18)13-28(24,25)15-7-3-1-4-8-15/h1,3-4,7-8,11-12H,2,5-6,9-10,13H2,(H,21,22,23). The fourth-order valence-electron chi connectivity index (χ4n) is 3.30. The smallest absolute Gasteiger partial charge is 0.293 e. The van der Waals surface area contributed by atoms with Crippen molar-refractivity contribution in [2.45, 2.75) is 42.8 Å². The maximum atomic E-state index is 12.7. The highest BCUT2D eigenvalue weighted by molar-refractivity contribution is 7.90. The lowest BCUT2D eigenvalue weighted by atomic mass is 10.2. The van der Waals surface area contributed by atoms with Crippen LogP contribution in [-0.4, -0.2) is 19.3 Å². The van der Waals surface area contributed by atoms with E-state index in [9.17, 15) is 13.2 Å². The van der Waals surface area contributed by atoms with E-state index in [1.807, 2.05) is 0 Å². The highest BCUT2D eigenvalue weighted by atomic mass is 32.2. The summed E-state index contributed by atoms with van der Waals surface area (Å²) < 4.78 is 30.5. The van der Waals surface area contributed by atoms with E-state index in [0.717, 1.165) is 31.4 Å². The number of furan rings is 1. The van der Waals surface area contributed by atoms with Crippen LogP contribution < -0.4 is 5.32 Å². The van der Waals surface area contributed by atoms with Crippen molar-refractivity contribution in [2.24, 2.45) is 0 Å². The van der Waals surface area contributed by atoms with Gasteiger partial charge in [0.05, 0.1) is 22.6 Å². The Labute approximate surface area is 167 Å². The highest BCUT2D eigenvalue weighted by Gasteiger charge is 2.24. The van der Waals surface area contributed by atoms with Crippen molar-refractivity contribution in [3.8, 4) is 0 Å². The molecule has 3 aromatic rings. The number of hydrogen-bond donors (Lipinski definition) is 1. The van der Waals surface area contributed by atoms with Crippen LogP contribution in [0.15, 0.2) is 52.0 Å². The van der Waals surface area contributed by atoms with Crippen molar-refractivity contribution in [1.82, 2.24) is 4.98 Å². The quantitative estimate of drug-likeness (QED) is 0.629. The summed E-state index contributed by atoms with van der Waals surface area (Å²) in [6.45, 7) is 0. The third kappa shape index (κ3) is 4.02. The molecule has 0 fully saturated rings. The zero-order chi connectivity index (χ0) is 19.6. The molecule has 146 valence electrons. The van der Waals surface area contributed by atoms with Gasteiger partial charge < -0.3 is 4.42 Å². The van der Waals surface area contributed by atoms with Crippen LogP contribution in [0.4, 0.5) is 5.13 Å². The lowest BCUT2D eigenvalue weighted by molar-refractivity contribution is 0.0995. The molecule has 0 bridgehead atoms. The number of hydrogen-bond acceptors (Lipinski definition) is 6. The third-order valence-corrected chi connectivity index (χ3v) is 7.47. The number of nitrogens with one attached hydrogen (secondary N) is 1. The summed E-state index contributed by atoms with van der Waals surface area (Å²) in [5.41, 5.74) is 1.39. The average molecular weight is 417 g/mol. The molecule has 1 amide bonds. The van der Waals surface area contributed by atoms with E-state index in [4.69, 9.17) is 4.42 Å². The van der Waals surface area contributed by atoms with E-state index in [-0.39, 0.29) is 16.4 Å². The number of nitrogens with zero attached hydrogens (tertiary/aromatic N) is 1. The first-order valence-electron chi connectivity index (χ1n) is 9.17. The van der Waals surface area contributed by atoms with Crippen molar-refractivity contribution in [3.05, 3.63) is 64.6 Å². The SMILES string of the molecule is O=C(Nc1nc2c(s1)CCCCC2)c1occc1CS(=O)(=O)c1ccccc1. The molecule has 2 aromatic heterocycles. The second-order valence-electron chi connectivity index (χ2n) is 6.75. The van der Waals surface area contributed by atoms with Crippen molar-refractivity contribution in [2.75, 3.05) is 5.32 Å². The summed E-state index contributed by atoms with van der Waals surface area (Å²) in [6, 6.07) is 9.69. The Bertz CT molecular complexity index is 1060. The number of carbonyl (C=O) groups excluding carboxylic acids is 1. The molecule has 0 saturated carbocycles. The van der Waals surface area contributed by atoms with Gasteiger partial charge in [-0.3, -0.25) is 10.1 Å². The predicted octanol–water partition coefficient (Wildman–Crippen LogP) is 4.23. The second-order valence-corrected chi connectivity index (χ2v) is 9.82. The first kappa shape index (κ1) is 18.9. The molecule has 1 aliphatic rings. The lowest BCUT2D eigenvalue weighted by Gasteiger charge is -2.05. The number of fused-ring (bicyclic) bond motifs is 1. The molecule has 4 rings (SSSR count). The van der Waals surface area contributed by atoms with Gasteiger partial charge in [0.15, 0.2) is 20.7 Å². The normalized spacial score (nSPS) is 14.3. The van der Waals surface area contributed by atoms with E-state index >= 15 is 0 Å². The Morgan fingerprint density at radius 2 is 1.89 bits per heavy atom.